The van der Waals surface area contributed by atoms with Gasteiger partial charge in [0.25, 0.3) is 0 Å². The van der Waals surface area contributed by atoms with Gasteiger partial charge in [-0.25, -0.2) is 18.1 Å². The van der Waals surface area contributed by atoms with Gasteiger partial charge in [0.2, 0.25) is 10.0 Å². The zero-order valence-corrected chi connectivity index (χ0v) is 12.0. The van der Waals surface area contributed by atoms with Crippen molar-refractivity contribution in [3.63, 3.8) is 0 Å². The molecule has 0 unspecified atom stereocenters. The lowest BCUT2D eigenvalue weighted by Gasteiger charge is -2.23. The van der Waals surface area contributed by atoms with Crippen LogP contribution in [-0.2, 0) is 29.2 Å². The summed E-state index contributed by atoms with van der Waals surface area (Å²) in [5.41, 5.74) is -0.878. The quantitative estimate of drug-likeness (QED) is 0.914. The first-order valence-electron chi connectivity index (χ1n) is 6.87. The number of imidazole rings is 1. The van der Waals surface area contributed by atoms with E-state index in [0.29, 0.717) is 38.1 Å². The summed E-state index contributed by atoms with van der Waals surface area (Å²) < 4.78 is 65.4. The lowest BCUT2D eigenvalue weighted by Crippen LogP contribution is -2.35. The van der Waals surface area contributed by atoms with E-state index in [1.807, 2.05) is 0 Å². The minimum atomic E-state index is -4.44. The molecule has 3 rings (SSSR count). The van der Waals surface area contributed by atoms with Crippen LogP contribution in [0, 0.1) is 5.92 Å². The standard InChI is InChI=1S/C12H16F3N3O2S/c13-12(14,15)10-7-18-6-8(1-4-11(18)17-10)5-16-21(19,20)9-2-3-9/h7-9,16H,1-6H2/t8-/m1/s1. The maximum Gasteiger partial charge on any atom is 0.434 e. The number of hydrogen-bond donors (Lipinski definition) is 1. The number of hydrogen-bond acceptors (Lipinski definition) is 3. The van der Waals surface area contributed by atoms with E-state index in [4.69, 9.17) is 0 Å². The Balaban J connectivity index is 1.63. The Labute approximate surface area is 120 Å². The minimum absolute atomic E-state index is 0.00121. The fourth-order valence-corrected chi connectivity index (χ4v) is 4.01. The van der Waals surface area contributed by atoms with Crippen molar-refractivity contribution < 1.29 is 21.6 Å². The van der Waals surface area contributed by atoms with Gasteiger partial charge < -0.3 is 4.57 Å². The highest BCUT2D eigenvalue weighted by Crippen LogP contribution is 2.31. The molecule has 1 aromatic rings. The van der Waals surface area contributed by atoms with Gasteiger partial charge in [0.1, 0.15) is 5.82 Å². The third-order valence-corrected chi connectivity index (χ3v) is 5.84. The molecule has 1 atom stereocenters. The summed E-state index contributed by atoms with van der Waals surface area (Å²) in [4.78, 5) is 3.60. The lowest BCUT2D eigenvalue weighted by atomic mass is 10.00. The number of nitrogens with one attached hydrogen (secondary N) is 1. The van der Waals surface area contributed by atoms with Gasteiger partial charge in [-0.2, -0.15) is 13.2 Å². The summed E-state index contributed by atoms with van der Waals surface area (Å²) >= 11 is 0. The second-order valence-corrected chi connectivity index (χ2v) is 7.74. The van der Waals surface area contributed by atoms with Gasteiger partial charge in [-0.15, -0.1) is 0 Å². The van der Waals surface area contributed by atoms with Crippen LogP contribution in [-0.4, -0.2) is 29.8 Å². The molecule has 0 aromatic carbocycles. The van der Waals surface area contributed by atoms with Crippen LogP contribution in [0.15, 0.2) is 6.20 Å². The molecular weight excluding hydrogens is 307 g/mol. The number of rotatable bonds is 4. The van der Waals surface area contributed by atoms with Crippen LogP contribution >= 0.6 is 0 Å². The van der Waals surface area contributed by atoms with E-state index in [9.17, 15) is 21.6 Å². The molecule has 1 aliphatic carbocycles. The van der Waals surface area contributed by atoms with Crippen LogP contribution in [0.2, 0.25) is 0 Å². The highest BCUT2D eigenvalue weighted by Gasteiger charge is 2.37. The van der Waals surface area contributed by atoms with E-state index in [1.54, 1.807) is 0 Å². The van der Waals surface area contributed by atoms with Crippen molar-refractivity contribution >= 4 is 10.0 Å². The van der Waals surface area contributed by atoms with Crippen molar-refractivity contribution in [3.05, 3.63) is 17.7 Å². The monoisotopic (exact) mass is 323 g/mol. The zero-order chi connectivity index (χ0) is 15.3. The number of sulfonamides is 1. The lowest BCUT2D eigenvalue weighted by molar-refractivity contribution is -0.141. The summed E-state index contributed by atoms with van der Waals surface area (Å²) in [5, 5.41) is -0.276. The maximum absolute atomic E-state index is 12.6. The largest absolute Gasteiger partial charge is 0.434 e. The third kappa shape index (κ3) is 3.23. The Bertz CT molecular complexity index is 635. The predicted molar refractivity (Wildman–Crippen MR) is 69.0 cm³/mol. The molecule has 5 nitrogen and oxygen atoms in total. The van der Waals surface area contributed by atoms with E-state index < -0.39 is 21.9 Å². The van der Waals surface area contributed by atoms with E-state index in [-0.39, 0.29) is 17.7 Å². The van der Waals surface area contributed by atoms with Crippen LogP contribution in [0.3, 0.4) is 0 Å². The number of aromatic nitrogens is 2. The first-order valence-corrected chi connectivity index (χ1v) is 8.42. The molecule has 1 aliphatic heterocycles. The van der Waals surface area contributed by atoms with E-state index in [0.717, 1.165) is 6.20 Å². The molecule has 2 heterocycles. The third-order valence-electron chi connectivity index (χ3n) is 3.92. The predicted octanol–water partition coefficient (Wildman–Crippen LogP) is 1.55. The topological polar surface area (TPSA) is 64.0 Å². The smallest absolute Gasteiger partial charge is 0.334 e. The summed E-state index contributed by atoms with van der Waals surface area (Å²) in [6, 6.07) is 0. The molecule has 2 aliphatic rings. The van der Waals surface area contributed by atoms with Crippen LogP contribution in [0.4, 0.5) is 13.2 Å². The summed E-state index contributed by atoms with van der Waals surface area (Å²) in [5.74, 6) is 0.421. The van der Waals surface area contributed by atoms with Gasteiger partial charge in [-0.3, -0.25) is 0 Å². The van der Waals surface area contributed by atoms with Crippen molar-refractivity contribution in [1.29, 1.82) is 0 Å². The average molecular weight is 323 g/mol. The molecule has 118 valence electrons. The fraction of sp³-hybridized carbons (Fsp3) is 0.750. The van der Waals surface area contributed by atoms with Crippen molar-refractivity contribution in [2.45, 2.75) is 43.7 Å². The van der Waals surface area contributed by atoms with Gasteiger partial charge in [0.15, 0.2) is 5.69 Å². The molecule has 0 spiro atoms. The Kier molecular flexibility index (Phi) is 3.52. The second kappa shape index (κ2) is 4.98. The number of fused-ring (bicyclic) bond motifs is 1. The van der Waals surface area contributed by atoms with Gasteiger partial charge in [-0.05, 0) is 25.2 Å². The molecule has 1 saturated carbocycles. The number of nitrogens with zero attached hydrogens (tertiary/aromatic N) is 2. The molecule has 1 fully saturated rings. The SMILES string of the molecule is O=S(=O)(NC[C@H]1CCc2nc(C(F)(F)F)cn2C1)C1CC1. The van der Waals surface area contributed by atoms with E-state index in [2.05, 4.69) is 9.71 Å². The molecule has 0 radical (unpaired) electrons. The molecule has 0 amide bonds. The van der Waals surface area contributed by atoms with Crippen molar-refractivity contribution in [3.8, 4) is 0 Å². The first-order chi connectivity index (χ1) is 9.75. The van der Waals surface area contributed by atoms with Crippen molar-refractivity contribution in [1.82, 2.24) is 14.3 Å². The molecule has 9 heteroatoms. The highest BCUT2D eigenvalue weighted by molar-refractivity contribution is 7.90. The summed E-state index contributed by atoms with van der Waals surface area (Å²) in [6.45, 7) is 0.642. The van der Waals surface area contributed by atoms with Gasteiger partial charge >= 0.3 is 6.18 Å². The molecule has 21 heavy (non-hydrogen) atoms. The van der Waals surface area contributed by atoms with Crippen molar-refractivity contribution in [2.24, 2.45) is 5.92 Å². The highest BCUT2D eigenvalue weighted by atomic mass is 32.2. The Morgan fingerprint density at radius 3 is 2.67 bits per heavy atom. The summed E-state index contributed by atoms with van der Waals surface area (Å²) in [7, 11) is -3.24. The van der Waals surface area contributed by atoms with Gasteiger partial charge in [-0.1, -0.05) is 0 Å². The van der Waals surface area contributed by atoms with Crippen LogP contribution < -0.4 is 4.72 Å². The number of alkyl halides is 3. The Morgan fingerprint density at radius 1 is 1.33 bits per heavy atom. The first kappa shape index (κ1) is 14.8. The van der Waals surface area contributed by atoms with E-state index >= 15 is 0 Å². The number of halogens is 3. The minimum Gasteiger partial charge on any atom is -0.334 e. The number of aryl methyl sites for hydroxylation is 1. The average Bonchev–Trinajstić information content (AvgIpc) is 3.15. The van der Waals surface area contributed by atoms with Gasteiger partial charge in [0.05, 0.1) is 5.25 Å². The van der Waals surface area contributed by atoms with Gasteiger partial charge in [0, 0.05) is 25.7 Å². The molecule has 0 saturated heterocycles. The van der Waals surface area contributed by atoms with Crippen LogP contribution in [0.1, 0.15) is 30.8 Å². The van der Waals surface area contributed by atoms with E-state index in [1.165, 1.54) is 4.57 Å². The molecule has 0 bridgehead atoms. The Hall–Kier alpha value is -1.09. The summed E-state index contributed by atoms with van der Waals surface area (Å²) in [6.07, 6.45) is -0.959. The van der Waals surface area contributed by atoms with Crippen molar-refractivity contribution in [2.75, 3.05) is 6.54 Å². The zero-order valence-electron chi connectivity index (χ0n) is 11.2. The molecule has 1 aromatic heterocycles. The van der Waals surface area contributed by atoms with Crippen LogP contribution in [0.5, 0.6) is 0 Å². The maximum atomic E-state index is 12.6. The molecular formula is C12H16F3N3O2S. The second-order valence-electron chi connectivity index (χ2n) is 5.69. The Morgan fingerprint density at radius 2 is 2.05 bits per heavy atom. The fourth-order valence-electron chi connectivity index (χ4n) is 2.55. The normalized spacial score (nSPS) is 23.1. The molecule has 1 N–H and O–H groups in total. The van der Waals surface area contributed by atoms with Crippen LogP contribution in [0.25, 0.3) is 0 Å².